The second-order valence-electron chi connectivity index (χ2n) is 8.43. The van der Waals surface area contributed by atoms with Crippen LogP contribution >= 0.6 is 59.4 Å². The van der Waals surface area contributed by atoms with Crippen LogP contribution in [0, 0.1) is 10.1 Å². The van der Waals surface area contributed by atoms with Crippen molar-refractivity contribution in [1.29, 1.82) is 0 Å². The Morgan fingerprint density at radius 3 is 2.55 bits per heavy atom. The fraction of sp³-hybridized carbons (Fsp3) is 0.192. The number of halogens is 4. The van der Waals surface area contributed by atoms with Gasteiger partial charge in [0, 0.05) is 36.5 Å². The van der Waals surface area contributed by atoms with Gasteiger partial charge in [-0.1, -0.05) is 79.3 Å². The summed E-state index contributed by atoms with van der Waals surface area (Å²) in [5.74, 6) is 0.377. The molecule has 0 saturated carbocycles. The summed E-state index contributed by atoms with van der Waals surface area (Å²) in [4.78, 5) is 29.3. The number of rotatable bonds is 8. The van der Waals surface area contributed by atoms with Crippen LogP contribution in [0.4, 0.5) is 5.69 Å². The zero-order valence-corrected chi connectivity index (χ0v) is 25.6. The Morgan fingerprint density at radius 2 is 1.87 bits per heavy atom. The van der Waals surface area contributed by atoms with E-state index < -0.39 is 4.92 Å². The Hall–Kier alpha value is -2.60. The fourth-order valence-electron chi connectivity index (χ4n) is 3.64. The van der Waals surface area contributed by atoms with Crippen molar-refractivity contribution >= 4 is 82.2 Å². The van der Waals surface area contributed by atoms with Gasteiger partial charge in [-0.3, -0.25) is 14.9 Å². The average molecular weight is 728 g/mol. The van der Waals surface area contributed by atoms with Gasteiger partial charge in [-0.2, -0.15) is 9.78 Å². The van der Waals surface area contributed by atoms with E-state index in [0.29, 0.717) is 22.3 Å². The molecule has 1 atom stereocenters. The van der Waals surface area contributed by atoms with E-state index in [2.05, 4.69) is 57.9 Å². The first kappa shape index (κ1) is 28.4. The van der Waals surface area contributed by atoms with Crippen LogP contribution in [0.5, 0.6) is 5.75 Å². The zero-order valence-electron chi connectivity index (χ0n) is 20.1. The summed E-state index contributed by atoms with van der Waals surface area (Å²) in [6.45, 7) is 4.01. The van der Waals surface area contributed by atoms with Gasteiger partial charge in [0.2, 0.25) is 5.75 Å². The number of nitro benzene ring substituents is 1. The van der Waals surface area contributed by atoms with Crippen LogP contribution < -0.4 is 10.3 Å². The third-order valence-electron chi connectivity index (χ3n) is 5.84. The summed E-state index contributed by atoms with van der Waals surface area (Å²) < 4.78 is 9.40. The smallest absolute Gasteiger partial charge is 0.313 e. The third-order valence-corrected chi connectivity index (χ3v) is 7.84. The number of nitro groups is 1. The number of hydrogen-bond acceptors (Lipinski definition) is 6. The zero-order chi connectivity index (χ0) is 27.6. The molecule has 8 nitrogen and oxygen atoms in total. The lowest BCUT2D eigenvalue weighted by molar-refractivity contribution is -0.385. The summed E-state index contributed by atoms with van der Waals surface area (Å²) in [7, 11) is 0. The molecule has 1 aromatic heterocycles. The number of fused-ring (bicyclic) bond motifs is 1. The predicted molar refractivity (Wildman–Crippen MR) is 160 cm³/mol. The Bertz CT molecular complexity index is 1640. The molecule has 0 spiro atoms. The van der Waals surface area contributed by atoms with E-state index >= 15 is 0 Å². The number of benzene rings is 3. The Balaban J connectivity index is 1.73. The van der Waals surface area contributed by atoms with Gasteiger partial charge in [-0.15, -0.1) is 0 Å². The van der Waals surface area contributed by atoms with Crippen molar-refractivity contribution < 1.29 is 9.66 Å². The fourth-order valence-corrected chi connectivity index (χ4v) is 5.44. The number of nitrogens with zero attached hydrogens (tertiary/aromatic N) is 4. The lowest BCUT2D eigenvalue weighted by Gasteiger charge is -2.14. The summed E-state index contributed by atoms with van der Waals surface area (Å²) in [5, 5.41) is 16.7. The Morgan fingerprint density at radius 1 is 1.16 bits per heavy atom. The van der Waals surface area contributed by atoms with Gasteiger partial charge >= 0.3 is 5.69 Å². The molecule has 0 amide bonds. The molecule has 3 aromatic carbocycles. The molecule has 0 aliphatic heterocycles. The van der Waals surface area contributed by atoms with Gasteiger partial charge in [-0.25, -0.2) is 4.98 Å². The van der Waals surface area contributed by atoms with Crippen LogP contribution in [-0.2, 0) is 6.61 Å². The van der Waals surface area contributed by atoms with E-state index in [1.807, 2.05) is 38.1 Å². The highest BCUT2D eigenvalue weighted by molar-refractivity contribution is 9.11. The molecule has 4 aromatic rings. The lowest BCUT2D eigenvalue weighted by atomic mass is 10.1. The highest BCUT2D eigenvalue weighted by Crippen LogP contribution is 2.37. The Kier molecular flexibility index (Phi) is 9.02. The third kappa shape index (κ3) is 6.17. The van der Waals surface area contributed by atoms with Crippen molar-refractivity contribution in [2.75, 3.05) is 0 Å². The standard InChI is InChI=1S/C26H20Br3ClN4O4/c1-3-14(2)25-32-22-7-6-17(27)10-19(22)26(35)33(25)31-12-15-8-21(30)24(23(9-15)34(36)37)38-13-16-4-5-18(28)11-20(16)29/h4-12,14H,3,13H2,1-2H3/t14-/m1/s1. The maximum Gasteiger partial charge on any atom is 0.313 e. The highest BCUT2D eigenvalue weighted by atomic mass is 79.9. The van der Waals surface area contributed by atoms with Crippen LogP contribution in [0.15, 0.2) is 71.8 Å². The average Bonchev–Trinajstić information content (AvgIpc) is 2.87. The predicted octanol–water partition coefficient (Wildman–Crippen LogP) is 8.22. The quantitative estimate of drug-likeness (QED) is 0.104. The molecule has 0 aliphatic carbocycles. The second kappa shape index (κ2) is 12.1. The van der Waals surface area contributed by atoms with Crippen LogP contribution in [0.1, 0.15) is 43.1 Å². The van der Waals surface area contributed by atoms with Gasteiger partial charge in [0.1, 0.15) is 12.4 Å². The molecule has 0 unspecified atom stereocenters. The maximum atomic E-state index is 13.3. The molecule has 0 fully saturated rings. The van der Waals surface area contributed by atoms with E-state index in [4.69, 9.17) is 16.3 Å². The second-order valence-corrected chi connectivity index (χ2v) is 11.5. The van der Waals surface area contributed by atoms with Crippen LogP contribution in [-0.4, -0.2) is 20.8 Å². The van der Waals surface area contributed by atoms with Crippen molar-refractivity contribution in [2.24, 2.45) is 5.10 Å². The summed E-state index contributed by atoms with van der Waals surface area (Å²) in [6, 6.07) is 13.6. The topological polar surface area (TPSA) is 99.6 Å². The van der Waals surface area contributed by atoms with Gasteiger partial charge in [0.05, 0.1) is 27.1 Å². The minimum absolute atomic E-state index is 0.0453. The van der Waals surface area contributed by atoms with Crippen LogP contribution in [0.3, 0.4) is 0 Å². The molecule has 0 saturated heterocycles. The largest absolute Gasteiger partial charge is 0.481 e. The van der Waals surface area contributed by atoms with Crippen LogP contribution in [0.2, 0.25) is 5.02 Å². The van der Waals surface area contributed by atoms with E-state index in [9.17, 15) is 14.9 Å². The number of hydrogen-bond donors (Lipinski definition) is 0. The normalized spacial score (nSPS) is 12.3. The summed E-state index contributed by atoms with van der Waals surface area (Å²) in [6.07, 6.45) is 2.09. The van der Waals surface area contributed by atoms with Crippen molar-refractivity contribution in [3.63, 3.8) is 0 Å². The highest BCUT2D eigenvalue weighted by Gasteiger charge is 2.21. The van der Waals surface area contributed by atoms with Gasteiger partial charge in [0.25, 0.3) is 5.56 Å². The van der Waals surface area contributed by atoms with E-state index in [1.54, 1.807) is 12.1 Å². The molecule has 196 valence electrons. The molecular formula is C26H20Br3ClN4O4. The molecule has 0 bridgehead atoms. The van der Waals surface area contributed by atoms with E-state index in [1.165, 1.54) is 23.0 Å². The van der Waals surface area contributed by atoms with Crippen molar-refractivity contribution in [2.45, 2.75) is 32.8 Å². The maximum absolute atomic E-state index is 13.3. The monoisotopic (exact) mass is 724 g/mol. The molecule has 1 heterocycles. The van der Waals surface area contributed by atoms with Crippen molar-refractivity contribution in [3.05, 3.63) is 104 Å². The SMILES string of the molecule is CC[C@@H](C)c1nc2ccc(Br)cc2c(=O)n1N=Cc1cc(Cl)c(OCc2ccc(Br)cc2Br)c([N+](=O)[O-])c1. The minimum atomic E-state index is -0.568. The summed E-state index contributed by atoms with van der Waals surface area (Å²) >= 11 is 16.7. The minimum Gasteiger partial charge on any atom is -0.481 e. The van der Waals surface area contributed by atoms with Crippen LogP contribution in [0.25, 0.3) is 10.9 Å². The molecule has 0 radical (unpaired) electrons. The Labute approximate surface area is 248 Å². The molecule has 4 rings (SSSR count). The summed E-state index contributed by atoms with van der Waals surface area (Å²) in [5.41, 5.74) is 1.02. The first-order valence-electron chi connectivity index (χ1n) is 11.4. The van der Waals surface area contributed by atoms with Crippen molar-refractivity contribution in [3.8, 4) is 5.75 Å². The lowest BCUT2D eigenvalue weighted by Crippen LogP contribution is -2.23. The van der Waals surface area contributed by atoms with Gasteiger partial charge in [0.15, 0.2) is 0 Å². The molecule has 0 N–H and O–H groups in total. The first-order valence-corrected chi connectivity index (χ1v) is 14.2. The van der Waals surface area contributed by atoms with E-state index in [-0.39, 0.29) is 34.5 Å². The first-order chi connectivity index (χ1) is 18.1. The number of aromatic nitrogens is 2. The van der Waals surface area contributed by atoms with Gasteiger partial charge < -0.3 is 4.74 Å². The van der Waals surface area contributed by atoms with Gasteiger partial charge in [-0.05, 0) is 42.8 Å². The number of ether oxygens (including phenoxy) is 1. The molecular weight excluding hydrogens is 707 g/mol. The molecule has 0 aliphatic rings. The van der Waals surface area contributed by atoms with E-state index in [0.717, 1.165) is 25.4 Å². The molecule has 38 heavy (non-hydrogen) atoms. The van der Waals surface area contributed by atoms with Crippen molar-refractivity contribution in [1.82, 2.24) is 9.66 Å². The molecule has 12 heteroatoms.